The largest absolute Gasteiger partial charge is 0.496 e. The zero-order chi connectivity index (χ0) is 11.4. The first-order valence-electron chi connectivity index (χ1n) is 4.59. The molecule has 0 amide bonds. The van der Waals surface area contributed by atoms with Crippen molar-refractivity contribution in [2.75, 3.05) is 14.2 Å². The van der Waals surface area contributed by atoms with Crippen LogP contribution in [0.25, 0.3) is 0 Å². The smallest absolute Gasteiger partial charge is 0.170 e. The fourth-order valence-electron chi connectivity index (χ4n) is 1.35. The number of halogens is 1. The lowest BCUT2D eigenvalue weighted by Gasteiger charge is -2.11. The summed E-state index contributed by atoms with van der Waals surface area (Å²) in [7, 11) is 2.75. The number of ether oxygens (including phenoxy) is 2. The van der Waals surface area contributed by atoms with Gasteiger partial charge in [-0.05, 0) is 12.1 Å². The molecule has 0 radical (unpaired) electrons. The molecule has 0 spiro atoms. The lowest BCUT2D eigenvalue weighted by molar-refractivity contribution is 0.0981. The van der Waals surface area contributed by atoms with Crippen LogP contribution in [0.2, 0.25) is 0 Å². The Balaban J connectivity index is 3.40. The maximum absolute atomic E-state index is 13.3. The minimum Gasteiger partial charge on any atom is -0.496 e. The molecule has 3 nitrogen and oxygen atoms in total. The van der Waals surface area contributed by atoms with Crippen molar-refractivity contribution >= 4 is 5.78 Å². The third-order valence-electron chi connectivity index (χ3n) is 2.10. The summed E-state index contributed by atoms with van der Waals surface area (Å²) in [5, 5.41) is 0. The Bertz CT molecular complexity index is 374. The van der Waals surface area contributed by atoms with Crippen LogP contribution in [0.5, 0.6) is 11.5 Å². The Hall–Kier alpha value is -1.58. The van der Waals surface area contributed by atoms with Gasteiger partial charge in [0.05, 0.1) is 14.2 Å². The molecule has 15 heavy (non-hydrogen) atoms. The summed E-state index contributed by atoms with van der Waals surface area (Å²) in [5.74, 6) is -0.486. The highest BCUT2D eigenvalue weighted by atomic mass is 19.1. The van der Waals surface area contributed by atoms with E-state index in [2.05, 4.69) is 0 Å². The first-order valence-corrected chi connectivity index (χ1v) is 4.59. The van der Waals surface area contributed by atoms with Gasteiger partial charge in [-0.2, -0.15) is 0 Å². The van der Waals surface area contributed by atoms with Gasteiger partial charge in [-0.25, -0.2) is 4.39 Å². The van der Waals surface area contributed by atoms with Crippen molar-refractivity contribution < 1.29 is 18.7 Å². The molecule has 0 saturated heterocycles. The molecule has 1 rings (SSSR count). The van der Waals surface area contributed by atoms with Crippen LogP contribution in [-0.4, -0.2) is 20.0 Å². The number of rotatable bonds is 4. The normalized spacial score (nSPS) is 9.87. The van der Waals surface area contributed by atoms with Crippen molar-refractivity contribution in [2.24, 2.45) is 0 Å². The van der Waals surface area contributed by atoms with Gasteiger partial charge in [-0.15, -0.1) is 0 Å². The molecular formula is C11H13FO3. The van der Waals surface area contributed by atoms with Crippen LogP contribution in [0.3, 0.4) is 0 Å². The first kappa shape index (κ1) is 11.5. The molecule has 0 aliphatic heterocycles. The van der Waals surface area contributed by atoms with Gasteiger partial charge >= 0.3 is 0 Å². The van der Waals surface area contributed by atoms with Crippen LogP contribution >= 0.6 is 0 Å². The third-order valence-corrected chi connectivity index (χ3v) is 2.10. The van der Waals surface area contributed by atoms with E-state index < -0.39 is 5.82 Å². The summed E-state index contributed by atoms with van der Waals surface area (Å²) in [6.07, 6.45) is 0.274. The topological polar surface area (TPSA) is 35.5 Å². The lowest BCUT2D eigenvalue weighted by Crippen LogP contribution is -2.05. The molecule has 0 bridgehead atoms. The van der Waals surface area contributed by atoms with Crippen molar-refractivity contribution in [1.29, 1.82) is 0 Å². The molecule has 0 aromatic heterocycles. The molecular weight excluding hydrogens is 199 g/mol. The van der Waals surface area contributed by atoms with Crippen molar-refractivity contribution in [3.63, 3.8) is 0 Å². The van der Waals surface area contributed by atoms with E-state index in [9.17, 15) is 9.18 Å². The molecule has 4 heteroatoms. The number of methoxy groups -OCH3 is 2. The minimum absolute atomic E-state index is 0.0544. The van der Waals surface area contributed by atoms with Gasteiger partial charge < -0.3 is 9.47 Å². The van der Waals surface area contributed by atoms with Gasteiger partial charge in [-0.3, -0.25) is 4.79 Å². The highest BCUT2D eigenvalue weighted by Crippen LogP contribution is 2.32. The van der Waals surface area contributed by atoms with Crippen LogP contribution in [0.4, 0.5) is 4.39 Å². The summed E-state index contributed by atoms with van der Waals surface area (Å²) in [4.78, 5) is 11.6. The van der Waals surface area contributed by atoms with E-state index in [1.165, 1.54) is 26.4 Å². The van der Waals surface area contributed by atoms with Gasteiger partial charge in [0.15, 0.2) is 17.3 Å². The van der Waals surface area contributed by atoms with E-state index in [-0.39, 0.29) is 23.5 Å². The fraction of sp³-hybridized carbons (Fsp3) is 0.364. The molecule has 1 aromatic carbocycles. The van der Waals surface area contributed by atoms with Crippen molar-refractivity contribution in [2.45, 2.75) is 13.3 Å². The second kappa shape index (κ2) is 4.77. The first-order chi connectivity index (χ1) is 7.15. The van der Waals surface area contributed by atoms with E-state index >= 15 is 0 Å². The molecule has 0 N–H and O–H groups in total. The van der Waals surface area contributed by atoms with E-state index in [1.807, 2.05) is 0 Å². The van der Waals surface area contributed by atoms with Crippen LogP contribution < -0.4 is 9.47 Å². The molecule has 0 aliphatic carbocycles. The van der Waals surface area contributed by atoms with E-state index in [0.717, 1.165) is 0 Å². The van der Waals surface area contributed by atoms with Gasteiger partial charge in [0.1, 0.15) is 11.3 Å². The maximum Gasteiger partial charge on any atom is 0.170 e. The zero-order valence-corrected chi connectivity index (χ0v) is 8.96. The molecule has 1 aromatic rings. The Kier molecular flexibility index (Phi) is 3.66. The summed E-state index contributed by atoms with van der Waals surface area (Å²) < 4.78 is 23.2. The highest BCUT2D eigenvalue weighted by Gasteiger charge is 2.20. The third kappa shape index (κ3) is 2.09. The fourth-order valence-corrected chi connectivity index (χ4v) is 1.35. The Labute approximate surface area is 87.8 Å². The van der Waals surface area contributed by atoms with Gasteiger partial charge in [-0.1, -0.05) is 6.92 Å². The van der Waals surface area contributed by atoms with E-state index in [1.54, 1.807) is 6.92 Å². The average molecular weight is 212 g/mol. The molecule has 0 aliphatic rings. The Morgan fingerprint density at radius 3 is 2.47 bits per heavy atom. The minimum atomic E-state index is -0.560. The Morgan fingerprint density at radius 2 is 2.00 bits per heavy atom. The van der Waals surface area contributed by atoms with Gasteiger partial charge in [0.2, 0.25) is 0 Å². The molecule has 0 unspecified atom stereocenters. The number of carbonyl (C=O) groups is 1. The molecule has 82 valence electrons. The number of hydrogen-bond acceptors (Lipinski definition) is 3. The predicted octanol–water partition coefficient (Wildman–Crippen LogP) is 2.44. The van der Waals surface area contributed by atoms with Crippen molar-refractivity contribution in [1.82, 2.24) is 0 Å². The predicted molar refractivity (Wildman–Crippen MR) is 54.1 cm³/mol. The second-order valence-electron chi connectivity index (χ2n) is 2.93. The number of Topliss-reactive ketones (excluding diaryl/α,β-unsaturated/α-hetero) is 1. The molecule has 0 heterocycles. The van der Waals surface area contributed by atoms with Crippen molar-refractivity contribution in [3.8, 4) is 11.5 Å². The number of benzene rings is 1. The summed E-state index contributed by atoms with van der Waals surface area (Å²) >= 11 is 0. The van der Waals surface area contributed by atoms with Crippen LogP contribution in [0, 0.1) is 5.82 Å². The van der Waals surface area contributed by atoms with Gasteiger partial charge in [0, 0.05) is 6.42 Å². The van der Waals surface area contributed by atoms with E-state index in [0.29, 0.717) is 5.75 Å². The van der Waals surface area contributed by atoms with Crippen LogP contribution in [-0.2, 0) is 0 Å². The average Bonchev–Trinajstić information content (AvgIpc) is 2.27. The lowest BCUT2D eigenvalue weighted by atomic mass is 10.1. The summed E-state index contributed by atoms with van der Waals surface area (Å²) in [6.45, 7) is 1.70. The molecule has 0 fully saturated rings. The standard InChI is InChI=1S/C11H13FO3/c1-4-8(13)10-9(14-2)6-5-7(12)11(10)15-3/h5-6H,4H2,1-3H3. The number of ketones is 1. The van der Waals surface area contributed by atoms with Crippen LogP contribution in [0.1, 0.15) is 23.7 Å². The molecule has 0 saturated carbocycles. The Morgan fingerprint density at radius 1 is 1.33 bits per heavy atom. The van der Waals surface area contributed by atoms with Crippen LogP contribution in [0.15, 0.2) is 12.1 Å². The molecule has 0 atom stereocenters. The second-order valence-corrected chi connectivity index (χ2v) is 2.93. The number of carbonyl (C=O) groups excluding carboxylic acids is 1. The van der Waals surface area contributed by atoms with E-state index in [4.69, 9.17) is 9.47 Å². The SMILES string of the molecule is CCC(=O)c1c(OC)ccc(F)c1OC. The number of hydrogen-bond donors (Lipinski definition) is 0. The monoisotopic (exact) mass is 212 g/mol. The summed E-state index contributed by atoms with van der Waals surface area (Å²) in [6, 6.07) is 2.63. The highest BCUT2D eigenvalue weighted by molar-refractivity contribution is 6.01. The van der Waals surface area contributed by atoms with Crippen molar-refractivity contribution in [3.05, 3.63) is 23.5 Å². The summed E-state index contributed by atoms with van der Waals surface area (Å²) in [5.41, 5.74) is 0.169. The quantitative estimate of drug-likeness (QED) is 0.719. The zero-order valence-electron chi connectivity index (χ0n) is 8.96. The van der Waals surface area contributed by atoms with Gasteiger partial charge in [0.25, 0.3) is 0 Å². The maximum atomic E-state index is 13.3.